The molecule has 5 nitrogen and oxygen atoms in total. The van der Waals surface area contributed by atoms with Crippen molar-refractivity contribution in [1.29, 1.82) is 0 Å². The second-order valence-electron chi connectivity index (χ2n) is 5.75. The van der Waals surface area contributed by atoms with Gasteiger partial charge in [0.15, 0.2) is 11.4 Å². The number of aliphatic hydroxyl groups is 1. The smallest absolute Gasteiger partial charge is 0.270 e. The van der Waals surface area contributed by atoms with Crippen LogP contribution in [0, 0.1) is 0 Å². The number of halogens is 1. The molecule has 0 unspecified atom stereocenters. The molecule has 0 atom stereocenters. The van der Waals surface area contributed by atoms with Crippen molar-refractivity contribution in [1.82, 2.24) is 4.90 Å². The number of rotatable bonds is 1. The molecule has 124 valence electrons. The first kappa shape index (κ1) is 16.4. The zero-order valence-electron chi connectivity index (χ0n) is 13.4. The SMILES string of the molecule is CC1=c2ccccc2=C2[NH2+]N(c3ccc(Cl)cc3)C(O)=C2N1C.[OH-]. The van der Waals surface area contributed by atoms with Crippen LogP contribution >= 0.6 is 11.6 Å². The van der Waals surface area contributed by atoms with Crippen molar-refractivity contribution < 1.29 is 16.0 Å². The van der Waals surface area contributed by atoms with Crippen LogP contribution in [-0.4, -0.2) is 22.5 Å². The van der Waals surface area contributed by atoms with E-state index in [9.17, 15) is 5.11 Å². The summed E-state index contributed by atoms with van der Waals surface area (Å²) in [7, 11) is 1.98. The van der Waals surface area contributed by atoms with E-state index in [1.54, 1.807) is 5.01 Å². The van der Waals surface area contributed by atoms with Gasteiger partial charge in [-0.05, 0) is 37.3 Å². The molecular weight excluding hydrogens is 326 g/mol. The molecule has 0 aliphatic carbocycles. The number of nitrogens with zero attached hydrogens (tertiary/aromatic N) is 2. The minimum Gasteiger partial charge on any atom is -0.870 e. The summed E-state index contributed by atoms with van der Waals surface area (Å²) < 4.78 is 0. The number of quaternary nitrogens is 1. The lowest BCUT2D eigenvalue weighted by atomic mass is 10.1. The summed E-state index contributed by atoms with van der Waals surface area (Å²) in [6.45, 7) is 2.07. The molecule has 0 spiro atoms. The van der Waals surface area contributed by atoms with Gasteiger partial charge in [-0.25, -0.2) is 5.43 Å². The summed E-state index contributed by atoms with van der Waals surface area (Å²) in [5, 5.41) is 15.6. The van der Waals surface area contributed by atoms with Crippen LogP contribution in [0.1, 0.15) is 6.92 Å². The van der Waals surface area contributed by atoms with Gasteiger partial charge in [0.1, 0.15) is 0 Å². The fraction of sp³-hybridized carbons (Fsp3) is 0.111. The Kier molecular flexibility index (Phi) is 4.01. The minimum absolute atomic E-state index is 0. The van der Waals surface area contributed by atoms with Crippen molar-refractivity contribution in [3.63, 3.8) is 0 Å². The van der Waals surface area contributed by atoms with Crippen molar-refractivity contribution in [2.24, 2.45) is 0 Å². The second-order valence-corrected chi connectivity index (χ2v) is 6.19. The molecule has 4 rings (SSSR count). The van der Waals surface area contributed by atoms with Crippen molar-refractivity contribution in [3.8, 4) is 0 Å². The normalized spacial score (nSPS) is 16.1. The van der Waals surface area contributed by atoms with E-state index < -0.39 is 0 Å². The van der Waals surface area contributed by atoms with Gasteiger partial charge >= 0.3 is 0 Å². The van der Waals surface area contributed by atoms with Gasteiger partial charge in [-0.3, -0.25) is 0 Å². The highest BCUT2D eigenvalue weighted by molar-refractivity contribution is 6.30. The summed E-state index contributed by atoms with van der Waals surface area (Å²) in [5.41, 5.74) is 5.84. The first-order chi connectivity index (χ1) is 11.1. The summed E-state index contributed by atoms with van der Waals surface area (Å²) in [5.74, 6) is 0.235. The third kappa shape index (κ3) is 2.26. The molecular formula is C18H18ClN3O2. The molecule has 0 fully saturated rings. The molecule has 0 radical (unpaired) electrons. The summed E-state index contributed by atoms with van der Waals surface area (Å²) in [6, 6.07) is 15.7. The lowest BCUT2D eigenvalue weighted by Crippen LogP contribution is -2.90. The van der Waals surface area contributed by atoms with Crippen LogP contribution in [-0.2, 0) is 0 Å². The number of fused-ring (bicyclic) bond motifs is 2. The molecule has 0 aromatic heterocycles. The molecule has 0 amide bonds. The van der Waals surface area contributed by atoms with Gasteiger partial charge in [-0.2, -0.15) is 5.01 Å². The first-order valence-corrected chi connectivity index (χ1v) is 7.83. The fourth-order valence-corrected chi connectivity index (χ4v) is 3.32. The number of nitrogens with two attached hydrogens (primary N) is 1. The number of hydrogen-bond acceptors (Lipinski definition) is 4. The Balaban J connectivity index is 0.00000169. The number of benzene rings is 2. The fourth-order valence-electron chi connectivity index (χ4n) is 3.19. The highest BCUT2D eigenvalue weighted by Gasteiger charge is 2.38. The van der Waals surface area contributed by atoms with Gasteiger partial charge < -0.3 is 15.5 Å². The van der Waals surface area contributed by atoms with E-state index in [0.29, 0.717) is 5.02 Å². The molecule has 4 N–H and O–H groups in total. The summed E-state index contributed by atoms with van der Waals surface area (Å²) in [4.78, 5) is 2.04. The predicted octanol–water partition coefficient (Wildman–Crippen LogP) is 1.07. The zero-order valence-corrected chi connectivity index (χ0v) is 14.1. The lowest BCUT2D eigenvalue weighted by Gasteiger charge is -2.23. The van der Waals surface area contributed by atoms with E-state index in [1.807, 2.05) is 53.8 Å². The molecule has 0 bridgehead atoms. The highest BCUT2D eigenvalue weighted by atomic mass is 35.5. The van der Waals surface area contributed by atoms with E-state index in [1.165, 1.54) is 5.22 Å². The summed E-state index contributed by atoms with van der Waals surface area (Å²) >= 11 is 5.97. The van der Waals surface area contributed by atoms with Gasteiger partial charge in [0, 0.05) is 28.2 Å². The Morgan fingerprint density at radius 1 is 1.00 bits per heavy atom. The monoisotopic (exact) mass is 343 g/mol. The average Bonchev–Trinajstić information content (AvgIpc) is 2.91. The van der Waals surface area contributed by atoms with Crippen LogP contribution < -0.4 is 20.9 Å². The topological polar surface area (TPSA) is 73.3 Å². The van der Waals surface area contributed by atoms with Gasteiger partial charge in [0.05, 0.1) is 5.69 Å². The highest BCUT2D eigenvalue weighted by Crippen LogP contribution is 2.28. The summed E-state index contributed by atoms with van der Waals surface area (Å²) in [6.07, 6.45) is 0. The number of aliphatic hydroxyl groups excluding tert-OH is 1. The molecule has 2 aliphatic heterocycles. The first-order valence-electron chi connectivity index (χ1n) is 7.45. The number of anilines is 1. The molecule has 0 saturated carbocycles. The number of likely N-dealkylation sites (N-methyl/N-ethyl adjacent to an activating group) is 1. The molecule has 2 heterocycles. The Hall–Kier alpha value is -2.47. The molecule has 24 heavy (non-hydrogen) atoms. The van der Waals surface area contributed by atoms with E-state index in [2.05, 4.69) is 19.1 Å². The van der Waals surface area contributed by atoms with Gasteiger partial charge in [-0.15, -0.1) is 0 Å². The van der Waals surface area contributed by atoms with Crippen molar-refractivity contribution in [2.75, 3.05) is 12.1 Å². The Bertz CT molecular complexity index is 951. The maximum atomic E-state index is 10.8. The molecule has 2 aromatic rings. The maximum absolute atomic E-state index is 10.8. The van der Waals surface area contributed by atoms with Crippen molar-refractivity contribution in [3.05, 3.63) is 75.6 Å². The van der Waals surface area contributed by atoms with Crippen molar-refractivity contribution in [2.45, 2.75) is 6.92 Å². The Morgan fingerprint density at radius 3 is 2.29 bits per heavy atom. The van der Waals surface area contributed by atoms with Crippen LogP contribution in [0.5, 0.6) is 0 Å². The third-order valence-electron chi connectivity index (χ3n) is 4.50. The molecule has 0 saturated heterocycles. The van der Waals surface area contributed by atoms with Crippen molar-refractivity contribution >= 4 is 28.7 Å². The average molecular weight is 344 g/mol. The predicted molar refractivity (Wildman–Crippen MR) is 93.4 cm³/mol. The molecule has 2 aromatic carbocycles. The van der Waals surface area contributed by atoms with Crippen LogP contribution in [0.4, 0.5) is 5.69 Å². The van der Waals surface area contributed by atoms with Crippen LogP contribution in [0.15, 0.2) is 60.1 Å². The Morgan fingerprint density at radius 2 is 1.62 bits per heavy atom. The van der Waals surface area contributed by atoms with Crippen LogP contribution in [0.3, 0.4) is 0 Å². The van der Waals surface area contributed by atoms with E-state index in [0.717, 1.165) is 28.0 Å². The van der Waals surface area contributed by atoms with Gasteiger partial charge in [0.2, 0.25) is 0 Å². The Labute approximate surface area is 144 Å². The minimum atomic E-state index is 0. The van der Waals surface area contributed by atoms with E-state index in [4.69, 9.17) is 11.6 Å². The maximum Gasteiger partial charge on any atom is 0.270 e. The van der Waals surface area contributed by atoms with Gasteiger partial charge in [-0.1, -0.05) is 29.8 Å². The van der Waals surface area contributed by atoms with Crippen LogP contribution in [0.25, 0.3) is 11.4 Å². The van der Waals surface area contributed by atoms with E-state index in [-0.39, 0.29) is 11.4 Å². The third-order valence-corrected chi connectivity index (χ3v) is 4.76. The van der Waals surface area contributed by atoms with E-state index >= 15 is 0 Å². The number of hydrogen-bond donors (Lipinski definition) is 2. The zero-order chi connectivity index (χ0) is 16.1. The lowest BCUT2D eigenvalue weighted by molar-refractivity contribution is -0.568. The molecule has 6 heteroatoms. The quantitative estimate of drug-likeness (QED) is 0.760. The van der Waals surface area contributed by atoms with Crippen LogP contribution in [0.2, 0.25) is 5.02 Å². The standard InChI is InChI=1S/C18H16ClN3O.H2O/c1-11-14-5-3-4-6-15(14)16-17(21(11)2)18(23)22(20-16)13-9-7-12(19)8-10-13;/h3-10,20,23H,1-2H3;1H2. The molecule has 2 aliphatic rings. The largest absolute Gasteiger partial charge is 0.870 e. The van der Waals surface area contributed by atoms with Gasteiger partial charge in [0.25, 0.3) is 5.88 Å². The second kappa shape index (κ2) is 5.87.